The van der Waals surface area contributed by atoms with Gasteiger partial charge in [-0.05, 0) is 100 Å². The second-order valence-corrected chi connectivity index (χ2v) is 11.8. The molecule has 0 saturated heterocycles. The molecule has 4 aliphatic carbocycles. The van der Waals surface area contributed by atoms with Crippen LogP contribution in [0.5, 0.6) is 0 Å². The fraction of sp³-hybridized carbons (Fsp3) is 0.852. The molecule has 4 aliphatic rings. The van der Waals surface area contributed by atoms with Crippen LogP contribution in [-0.4, -0.2) is 22.4 Å². The molecule has 0 spiro atoms. The van der Waals surface area contributed by atoms with Crippen molar-refractivity contribution in [2.75, 3.05) is 0 Å². The lowest BCUT2D eigenvalue weighted by Gasteiger charge is -2.59. The van der Waals surface area contributed by atoms with Crippen LogP contribution in [0, 0.1) is 40.4 Å². The van der Waals surface area contributed by atoms with E-state index in [1.807, 2.05) is 0 Å². The molecule has 2 N–H and O–H groups in total. The van der Waals surface area contributed by atoms with Crippen LogP contribution < -0.4 is 0 Å². The van der Waals surface area contributed by atoms with E-state index in [1.165, 1.54) is 56.1 Å². The Morgan fingerprint density at radius 1 is 1.17 bits per heavy atom. The van der Waals surface area contributed by atoms with Gasteiger partial charge in [0.1, 0.15) is 0 Å². The molecule has 0 aromatic rings. The fourth-order valence-corrected chi connectivity index (χ4v) is 8.51. The largest absolute Gasteiger partial charge is 0.393 e. The molecule has 0 unspecified atom stereocenters. The van der Waals surface area contributed by atoms with Crippen LogP contribution >= 0.6 is 0 Å². The van der Waals surface area contributed by atoms with Crippen molar-refractivity contribution in [2.45, 2.75) is 105 Å². The molecule has 0 aliphatic heterocycles. The summed E-state index contributed by atoms with van der Waals surface area (Å²) in [7, 11) is 0. The van der Waals surface area contributed by atoms with Crippen LogP contribution in [0.2, 0.25) is 0 Å². The molecule has 164 valence electrons. The van der Waals surface area contributed by atoms with Crippen LogP contribution in [-0.2, 0) is 0 Å². The van der Waals surface area contributed by atoms with Gasteiger partial charge >= 0.3 is 0 Å². The Bertz CT molecular complexity index is 674. The zero-order chi connectivity index (χ0) is 21.0. The first-order valence-electron chi connectivity index (χ1n) is 12.4. The summed E-state index contributed by atoms with van der Waals surface area (Å²) in [6, 6.07) is 0. The van der Waals surface area contributed by atoms with Crippen molar-refractivity contribution < 1.29 is 10.2 Å². The Balaban J connectivity index is 1.54. The third-order valence-corrected chi connectivity index (χ3v) is 10.1. The molecule has 0 bridgehead atoms. The van der Waals surface area contributed by atoms with Gasteiger partial charge < -0.3 is 10.2 Å². The van der Waals surface area contributed by atoms with E-state index in [4.69, 9.17) is 0 Å². The van der Waals surface area contributed by atoms with E-state index in [9.17, 15) is 10.2 Å². The first-order valence-corrected chi connectivity index (χ1v) is 12.4. The molecule has 9 atom stereocenters. The fourth-order valence-electron chi connectivity index (χ4n) is 8.51. The van der Waals surface area contributed by atoms with Crippen LogP contribution in [0.1, 0.15) is 92.4 Å². The smallest absolute Gasteiger partial charge is 0.0658 e. The van der Waals surface area contributed by atoms with Gasteiger partial charge in [0, 0.05) is 11.8 Å². The second-order valence-electron chi connectivity index (χ2n) is 11.8. The van der Waals surface area contributed by atoms with Crippen molar-refractivity contribution in [3.8, 4) is 0 Å². The maximum absolute atomic E-state index is 11.1. The van der Waals surface area contributed by atoms with E-state index in [2.05, 4.69) is 46.8 Å². The molecule has 29 heavy (non-hydrogen) atoms. The van der Waals surface area contributed by atoms with Gasteiger partial charge in [0.2, 0.25) is 0 Å². The van der Waals surface area contributed by atoms with Crippen molar-refractivity contribution in [3.63, 3.8) is 0 Å². The molecule has 2 nitrogen and oxygen atoms in total. The Kier molecular flexibility index (Phi) is 5.84. The van der Waals surface area contributed by atoms with Gasteiger partial charge in [-0.2, -0.15) is 0 Å². The van der Waals surface area contributed by atoms with E-state index in [1.54, 1.807) is 0 Å². The van der Waals surface area contributed by atoms with Gasteiger partial charge in [0.25, 0.3) is 0 Å². The third kappa shape index (κ3) is 3.47. The van der Waals surface area contributed by atoms with E-state index in [0.717, 1.165) is 30.1 Å². The minimum Gasteiger partial charge on any atom is -0.393 e. The number of aliphatic hydroxyl groups excluding tert-OH is 2. The van der Waals surface area contributed by atoms with Crippen molar-refractivity contribution >= 4 is 0 Å². The van der Waals surface area contributed by atoms with Crippen molar-refractivity contribution in [2.24, 2.45) is 40.4 Å². The molecule has 3 saturated carbocycles. The van der Waals surface area contributed by atoms with Crippen molar-refractivity contribution in [3.05, 3.63) is 23.3 Å². The highest BCUT2D eigenvalue weighted by atomic mass is 16.3. The zero-order valence-corrected chi connectivity index (χ0v) is 19.5. The van der Waals surface area contributed by atoms with Gasteiger partial charge in [-0.25, -0.2) is 0 Å². The van der Waals surface area contributed by atoms with Crippen molar-refractivity contribution in [1.82, 2.24) is 0 Å². The monoisotopic (exact) mass is 400 g/mol. The first kappa shape index (κ1) is 21.6. The molecular weight excluding hydrogens is 356 g/mol. The van der Waals surface area contributed by atoms with Gasteiger partial charge in [0.15, 0.2) is 0 Å². The summed E-state index contributed by atoms with van der Waals surface area (Å²) in [4.78, 5) is 0. The van der Waals surface area contributed by atoms with Crippen LogP contribution in [0.15, 0.2) is 23.3 Å². The number of aliphatic hydroxyl groups is 2. The minimum absolute atomic E-state index is 0.101. The van der Waals surface area contributed by atoms with E-state index >= 15 is 0 Å². The number of allylic oxidation sites excluding steroid dienone is 3. The van der Waals surface area contributed by atoms with Gasteiger partial charge in [0.05, 0.1) is 12.2 Å². The molecular formula is C27H44O2. The van der Waals surface area contributed by atoms with Gasteiger partial charge in [-0.1, -0.05) is 44.1 Å². The summed E-state index contributed by atoms with van der Waals surface area (Å²) >= 11 is 0. The summed E-state index contributed by atoms with van der Waals surface area (Å²) in [5.74, 6) is 3.80. The Hall–Kier alpha value is -0.600. The predicted octanol–water partition coefficient (Wildman–Crippen LogP) is 6.28. The van der Waals surface area contributed by atoms with Crippen LogP contribution in [0.25, 0.3) is 0 Å². The number of hydrogen-bond donors (Lipinski definition) is 2. The highest BCUT2D eigenvalue weighted by Crippen LogP contribution is 2.67. The summed E-state index contributed by atoms with van der Waals surface area (Å²) in [6.45, 7) is 11.9. The number of rotatable bonds is 4. The standard InChI is InChI=1S/C27H44O2/c1-17(2)7-6-8-18(3)22-11-12-23-21-10-9-19-15-20(28)16-25(29)27(19,5)24(21)13-14-26(22,23)4/h7,9,18,20-25,28-29H,6,8,10-16H2,1-5H3/t18-,20+,21+,22-,23+,24+,25-,26-,27+/m1/s1. The quantitative estimate of drug-likeness (QED) is 0.545. The maximum Gasteiger partial charge on any atom is 0.0658 e. The van der Waals surface area contributed by atoms with Crippen molar-refractivity contribution in [1.29, 1.82) is 0 Å². The summed E-state index contributed by atoms with van der Waals surface area (Å²) in [6.07, 6.45) is 14.5. The molecule has 2 heteroatoms. The topological polar surface area (TPSA) is 40.5 Å². The molecule has 0 heterocycles. The molecule has 3 fully saturated rings. The molecule has 0 radical (unpaired) electrons. The molecule has 0 aromatic heterocycles. The summed E-state index contributed by atoms with van der Waals surface area (Å²) in [5, 5.41) is 21.3. The van der Waals surface area contributed by atoms with Crippen LogP contribution in [0.3, 0.4) is 0 Å². The lowest BCUT2D eigenvalue weighted by atomic mass is 9.46. The van der Waals surface area contributed by atoms with E-state index in [0.29, 0.717) is 17.8 Å². The van der Waals surface area contributed by atoms with E-state index in [-0.39, 0.29) is 17.6 Å². The lowest BCUT2D eigenvalue weighted by Crippen LogP contribution is -2.55. The third-order valence-electron chi connectivity index (χ3n) is 10.1. The number of hydrogen-bond acceptors (Lipinski definition) is 2. The highest BCUT2D eigenvalue weighted by molar-refractivity contribution is 5.27. The summed E-state index contributed by atoms with van der Waals surface area (Å²) < 4.78 is 0. The Morgan fingerprint density at radius 2 is 1.93 bits per heavy atom. The predicted molar refractivity (Wildman–Crippen MR) is 120 cm³/mol. The molecule has 0 aromatic carbocycles. The molecule has 4 rings (SSSR count). The zero-order valence-electron chi connectivity index (χ0n) is 19.5. The highest BCUT2D eigenvalue weighted by Gasteiger charge is 2.60. The second kappa shape index (κ2) is 7.83. The summed E-state index contributed by atoms with van der Waals surface area (Å²) in [5.41, 5.74) is 3.18. The Morgan fingerprint density at radius 3 is 2.66 bits per heavy atom. The maximum atomic E-state index is 11.1. The normalized spacial score (nSPS) is 47.5. The van der Waals surface area contributed by atoms with Crippen LogP contribution in [0.4, 0.5) is 0 Å². The average molecular weight is 401 g/mol. The van der Waals surface area contributed by atoms with Gasteiger partial charge in [-0.3, -0.25) is 0 Å². The first-order chi connectivity index (χ1) is 13.7. The minimum atomic E-state index is -0.380. The number of fused-ring (bicyclic) bond motifs is 5. The van der Waals surface area contributed by atoms with Gasteiger partial charge in [-0.15, -0.1) is 0 Å². The molecule has 0 amide bonds. The van der Waals surface area contributed by atoms with E-state index < -0.39 is 0 Å². The lowest BCUT2D eigenvalue weighted by molar-refractivity contribution is -0.108. The SMILES string of the molecule is CC(C)=CCC[C@@H](C)[C@H]1CC[C@H]2[C@@H]3CC=C4C[C@H](O)C[C@@H](O)[C@]4(C)[C@H]3CC[C@]12C. The Labute approximate surface area is 178 Å². The average Bonchev–Trinajstić information content (AvgIpc) is 3.00.